The van der Waals surface area contributed by atoms with Gasteiger partial charge in [0.2, 0.25) is 0 Å². The lowest BCUT2D eigenvalue weighted by Crippen LogP contribution is -2.11. The Bertz CT molecular complexity index is 673. The SMILES string of the molecule is CNCc1csc(S(=O)(=O)Nc2cnn(C(C)C)c2)c1. The molecule has 0 radical (unpaired) electrons. The molecule has 0 saturated carbocycles. The third-order valence-electron chi connectivity index (χ3n) is 2.66. The summed E-state index contributed by atoms with van der Waals surface area (Å²) in [6.07, 6.45) is 3.20. The van der Waals surface area contributed by atoms with E-state index in [1.165, 1.54) is 17.5 Å². The van der Waals surface area contributed by atoms with Crippen LogP contribution in [0.2, 0.25) is 0 Å². The van der Waals surface area contributed by atoms with Crippen molar-refractivity contribution in [3.8, 4) is 0 Å². The summed E-state index contributed by atoms with van der Waals surface area (Å²) in [7, 11) is -1.71. The van der Waals surface area contributed by atoms with Crippen molar-refractivity contribution in [2.75, 3.05) is 11.8 Å². The van der Waals surface area contributed by atoms with Gasteiger partial charge < -0.3 is 5.32 Å². The minimum Gasteiger partial charge on any atom is -0.316 e. The molecule has 0 spiro atoms. The number of hydrogen-bond acceptors (Lipinski definition) is 5. The summed E-state index contributed by atoms with van der Waals surface area (Å²) in [5.74, 6) is 0. The lowest BCUT2D eigenvalue weighted by molar-refractivity contribution is 0.532. The summed E-state index contributed by atoms with van der Waals surface area (Å²) in [5.41, 5.74) is 1.43. The molecular formula is C12H18N4O2S2. The van der Waals surface area contributed by atoms with Gasteiger partial charge in [-0.3, -0.25) is 9.40 Å². The quantitative estimate of drug-likeness (QED) is 0.855. The van der Waals surface area contributed by atoms with Crippen LogP contribution >= 0.6 is 11.3 Å². The van der Waals surface area contributed by atoms with Crippen LogP contribution in [-0.2, 0) is 16.6 Å². The third kappa shape index (κ3) is 3.38. The Kier molecular flexibility index (Phi) is 4.46. The van der Waals surface area contributed by atoms with Crippen molar-refractivity contribution in [1.29, 1.82) is 0 Å². The van der Waals surface area contributed by atoms with Crippen molar-refractivity contribution >= 4 is 27.0 Å². The standard InChI is InChI=1S/C12H18N4O2S2/c1-9(2)16-7-11(6-14-16)15-20(17,18)12-4-10(5-13-3)8-19-12/h4,6-9,13,15H,5H2,1-3H3. The maximum absolute atomic E-state index is 12.2. The molecule has 0 unspecified atom stereocenters. The van der Waals surface area contributed by atoms with Gasteiger partial charge in [-0.05, 0) is 37.9 Å². The zero-order valence-electron chi connectivity index (χ0n) is 11.6. The van der Waals surface area contributed by atoms with Crippen molar-refractivity contribution in [2.24, 2.45) is 0 Å². The first kappa shape index (κ1) is 15.0. The highest BCUT2D eigenvalue weighted by Gasteiger charge is 2.17. The number of hydrogen-bond donors (Lipinski definition) is 2. The molecule has 2 heterocycles. The molecule has 0 amide bonds. The Morgan fingerprint density at radius 1 is 1.45 bits per heavy atom. The van der Waals surface area contributed by atoms with E-state index in [1.54, 1.807) is 16.9 Å². The van der Waals surface area contributed by atoms with Crippen LogP contribution in [0.3, 0.4) is 0 Å². The van der Waals surface area contributed by atoms with E-state index in [0.717, 1.165) is 5.56 Å². The van der Waals surface area contributed by atoms with E-state index in [-0.39, 0.29) is 6.04 Å². The number of anilines is 1. The van der Waals surface area contributed by atoms with E-state index in [0.29, 0.717) is 16.4 Å². The molecule has 20 heavy (non-hydrogen) atoms. The molecule has 2 N–H and O–H groups in total. The van der Waals surface area contributed by atoms with E-state index < -0.39 is 10.0 Å². The molecule has 0 saturated heterocycles. The number of sulfonamides is 1. The molecule has 110 valence electrons. The van der Waals surface area contributed by atoms with Crippen LogP contribution in [0, 0.1) is 0 Å². The third-order valence-corrected chi connectivity index (χ3v) is 5.53. The minimum atomic E-state index is -3.54. The van der Waals surface area contributed by atoms with Gasteiger partial charge in [-0.1, -0.05) is 0 Å². The molecule has 0 bridgehead atoms. The van der Waals surface area contributed by atoms with Gasteiger partial charge in [0.15, 0.2) is 0 Å². The molecular weight excluding hydrogens is 296 g/mol. The number of thiophene rings is 1. The fourth-order valence-electron chi connectivity index (χ4n) is 1.67. The van der Waals surface area contributed by atoms with Crippen LogP contribution in [0.5, 0.6) is 0 Å². The molecule has 0 aromatic carbocycles. The lowest BCUT2D eigenvalue weighted by Gasteiger charge is -2.04. The molecule has 2 aromatic rings. The van der Waals surface area contributed by atoms with Crippen LogP contribution in [0.25, 0.3) is 0 Å². The molecule has 8 heteroatoms. The Balaban J connectivity index is 2.16. The Morgan fingerprint density at radius 3 is 2.80 bits per heavy atom. The van der Waals surface area contributed by atoms with E-state index in [1.807, 2.05) is 26.3 Å². The van der Waals surface area contributed by atoms with Gasteiger partial charge in [-0.15, -0.1) is 11.3 Å². The second-order valence-corrected chi connectivity index (χ2v) is 7.53. The van der Waals surface area contributed by atoms with E-state index in [4.69, 9.17) is 0 Å². The van der Waals surface area contributed by atoms with Gasteiger partial charge in [-0.2, -0.15) is 5.10 Å². The van der Waals surface area contributed by atoms with Crippen molar-refractivity contribution in [3.63, 3.8) is 0 Å². The molecule has 2 rings (SSSR count). The molecule has 0 aliphatic heterocycles. The highest BCUT2D eigenvalue weighted by Crippen LogP contribution is 2.23. The zero-order chi connectivity index (χ0) is 14.8. The van der Waals surface area contributed by atoms with Crippen molar-refractivity contribution in [2.45, 2.75) is 30.6 Å². The highest BCUT2D eigenvalue weighted by molar-refractivity contribution is 7.94. The van der Waals surface area contributed by atoms with Gasteiger partial charge in [0, 0.05) is 18.8 Å². The number of rotatable bonds is 6. The van der Waals surface area contributed by atoms with Crippen molar-refractivity contribution in [1.82, 2.24) is 15.1 Å². The summed E-state index contributed by atoms with van der Waals surface area (Å²) in [6.45, 7) is 4.61. The summed E-state index contributed by atoms with van der Waals surface area (Å²) >= 11 is 1.21. The van der Waals surface area contributed by atoms with Crippen LogP contribution in [-0.4, -0.2) is 25.2 Å². The fraction of sp³-hybridized carbons (Fsp3) is 0.417. The lowest BCUT2D eigenvalue weighted by atomic mass is 10.3. The fourth-order valence-corrected chi connectivity index (χ4v) is 3.91. The highest BCUT2D eigenvalue weighted by atomic mass is 32.2. The van der Waals surface area contributed by atoms with E-state index >= 15 is 0 Å². The van der Waals surface area contributed by atoms with Crippen molar-refractivity contribution < 1.29 is 8.42 Å². The monoisotopic (exact) mass is 314 g/mol. The van der Waals surface area contributed by atoms with Gasteiger partial charge >= 0.3 is 0 Å². The molecule has 0 atom stereocenters. The Labute approximate surface area is 122 Å². The summed E-state index contributed by atoms with van der Waals surface area (Å²) in [5, 5.41) is 8.94. The number of aromatic nitrogens is 2. The largest absolute Gasteiger partial charge is 0.316 e. The first-order valence-electron chi connectivity index (χ1n) is 6.21. The average Bonchev–Trinajstić information content (AvgIpc) is 2.98. The van der Waals surface area contributed by atoms with Gasteiger partial charge in [0.25, 0.3) is 10.0 Å². The average molecular weight is 314 g/mol. The van der Waals surface area contributed by atoms with Crippen molar-refractivity contribution in [3.05, 3.63) is 29.4 Å². The van der Waals surface area contributed by atoms with Crippen LogP contribution in [0.4, 0.5) is 5.69 Å². The van der Waals surface area contributed by atoms with Crippen LogP contribution in [0.15, 0.2) is 28.0 Å². The zero-order valence-corrected chi connectivity index (χ0v) is 13.3. The molecule has 0 aliphatic carbocycles. The smallest absolute Gasteiger partial charge is 0.271 e. The predicted molar refractivity (Wildman–Crippen MR) is 80.5 cm³/mol. The summed E-state index contributed by atoms with van der Waals surface area (Å²) < 4.78 is 29.0. The first-order valence-corrected chi connectivity index (χ1v) is 8.57. The Morgan fingerprint density at radius 2 is 2.20 bits per heavy atom. The Hall–Kier alpha value is -1.38. The van der Waals surface area contributed by atoms with E-state index in [9.17, 15) is 8.42 Å². The predicted octanol–water partition coefficient (Wildman–Crippen LogP) is 2.05. The van der Waals surface area contributed by atoms with Crippen LogP contribution in [0.1, 0.15) is 25.5 Å². The second kappa shape index (κ2) is 5.94. The normalized spacial score (nSPS) is 12.0. The van der Waals surface area contributed by atoms with E-state index in [2.05, 4.69) is 15.1 Å². The topological polar surface area (TPSA) is 76.0 Å². The molecule has 6 nitrogen and oxygen atoms in total. The maximum atomic E-state index is 12.2. The number of nitrogens with zero attached hydrogens (tertiary/aromatic N) is 2. The molecule has 2 aromatic heterocycles. The maximum Gasteiger partial charge on any atom is 0.271 e. The molecule has 0 fully saturated rings. The summed E-state index contributed by atoms with van der Waals surface area (Å²) in [6, 6.07) is 1.87. The summed E-state index contributed by atoms with van der Waals surface area (Å²) in [4.78, 5) is 0. The first-order chi connectivity index (χ1) is 9.42. The minimum absolute atomic E-state index is 0.192. The molecule has 0 aliphatic rings. The van der Waals surface area contributed by atoms with Gasteiger partial charge in [-0.25, -0.2) is 8.42 Å². The van der Waals surface area contributed by atoms with Gasteiger partial charge in [0.05, 0.1) is 11.9 Å². The second-order valence-electron chi connectivity index (χ2n) is 4.71. The number of nitrogens with one attached hydrogen (secondary N) is 2. The van der Waals surface area contributed by atoms with Gasteiger partial charge in [0.1, 0.15) is 4.21 Å². The van der Waals surface area contributed by atoms with Crippen LogP contribution < -0.4 is 10.0 Å².